The molecule has 0 bridgehead atoms. The van der Waals surface area contributed by atoms with E-state index in [1.165, 1.54) is 40.0 Å². The Morgan fingerprint density at radius 1 is 0.589 bits per heavy atom. The van der Waals surface area contributed by atoms with Crippen LogP contribution in [0.1, 0.15) is 73.8 Å². The van der Waals surface area contributed by atoms with E-state index < -0.39 is 0 Å². The summed E-state index contributed by atoms with van der Waals surface area (Å²) in [5.74, 6) is 0. The molecule has 4 nitrogen and oxygen atoms in total. The van der Waals surface area contributed by atoms with Crippen LogP contribution in [0.2, 0.25) is 0 Å². The minimum atomic E-state index is -0.141. The molecule has 2 aliphatic rings. The fourth-order valence-electron chi connectivity index (χ4n) is 9.41. The van der Waals surface area contributed by atoms with Gasteiger partial charge >= 0.3 is 0 Å². The second kappa shape index (κ2) is 14.2. The molecular formula is C52H42N4. The van der Waals surface area contributed by atoms with E-state index in [0.29, 0.717) is 28.2 Å². The maximum atomic E-state index is 10.7. The molecule has 6 aromatic carbocycles. The number of fused-ring (bicyclic) bond motifs is 2. The van der Waals surface area contributed by atoms with E-state index in [1.54, 1.807) is 0 Å². The highest BCUT2D eigenvalue weighted by Crippen LogP contribution is 2.53. The average Bonchev–Trinajstić information content (AvgIpc) is 3.27. The maximum absolute atomic E-state index is 10.7. The molecule has 0 saturated heterocycles. The van der Waals surface area contributed by atoms with Gasteiger partial charge in [-0.1, -0.05) is 167 Å². The fourth-order valence-corrected chi connectivity index (χ4v) is 9.41. The third-order valence-electron chi connectivity index (χ3n) is 12.2. The van der Waals surface area contributed by atoms with E-state index in [2.05, 4.69) is 127 Å². The second-order valence-corrected chi connectivity index (χ2v) is 15.6. The Balaban J connectivity index is 1.14. The second-order valence-electron chi connectivity index (χ2n) is 15.6. The lowest BCUT2D eigenvalue weighted by Gasteiger charge is -2.42. The molecule has 1 aromatic heterocycles. The Kier molecular flexibility index (Phi) is 8.84. The van der Waals surface area contributed by atoms with Crippen LogP contribution in [-0.4, -0.2) is 4.98 Å². The van der Waals surface area contributed by atoms with E-state index in [4.69, 9.17) is 11.6 Å². The number of nitrogens with zero attached hydrogens (tertiary/aromatic N) is 4. The van der Waals surface area contributed by atoms with Crippen LogP contribution in [0.5, 0.6) is 0 Å². The van der Waals surface area contributed by atoms with Gasteiger partial charge in [0.25, 0.3) is 0 Å². The highest BCUT2D eigenvalue weighted by Gasteiger charge is 2.38. The summed E-state index contributed by atoms with van der Waals surface area (Å²) in [7, 11) is 0. The standard InChI is InChI=1S/C52H42N4/c1-51(2)43-21-11-13-23-45(43)56(46-24-14-12-22-44(46)51)41-31-29-40(30-32-41)52(33-15-6-16-34-52)39-27-25-36(26-28-39)47-42(35-53)48(37-17-7-4-8-18-37)55-49(50(47)54-3)38-19-9-5-10-20-38/h4-5,7-14,17-32H,6,15-16,33-34H2,1-2H3. The monoisotopic (exact) mass is 722 g/mol. The molecule has 0 N–H and O–H groups in total. The molecule has 0 unspecified atom stereocenters. The fraction of sp³-hybridized carbons (Fsp3) is 0.173. The van der Waals surface area contributed by atoms with Gasteiger partial charge in [0.05, 0.1) is 34.9 Å². The zero-order valence-corrected chi connectivity index (χ0v) is 31.8. The van der Waals surface area contributed by atoms with Crippen LogP contribution in [0.4, 0.5) is 22.7 Å². The topological polar surface area (TPSA) is 44.3 Å². The number of aromatic nitrogens is 1. The van der Waals surface area contributed by atoms with Crippen molar-refractivity contribution in [2.75, 3.05) is 4.90 Å². The molecule has 0 radical (unpaired) electrons. The number of pyridine rings is 1. The molecule has 2 heterocycles. The van der Waals surface area contributed by atoms with Crippen LogP contribution in [0, 0.1) is 17.9 Å². The van der Waals surface area contributed by atoms with Crippen LogP contribution in [-0.2, 0) is 10.8 Å². The van der Waals surface area contributed by atoms with E-state index >= 15 is 0 Å². The summed E-state index contributed by atoms with van der Waals surface area (Å²) in [5, 5.41) is 10.7. The summed E-state index contributed by atoms with van der Waals surface area (Å²) in [6.45, 7) is 13.0. The van der Waals surface area contributed by atoms with Gasteiger partial charge in [-0.2, -0.15) is 5.26 Å². The average molecular weight is 723 g/mol. The summed E-state index contributed by atoms with van der Waals surface area (Å²) in [6, 6.07) is 57.8. The lowest BCUT2D eigenvalue weighted by molar-refractivity contribution is 0.346. The molecule has 1 saturated carbocycles. The van der Waals surface area contributed by atoms with Crippen LogP contribution in [0.25, 0.3) is 38.5 Å². The van der Waals surface area contributed by atoms with Gasteiger partial charge in [-0.15, -0.1) is 0 Å². The Morgan fingerprint density at radius 3 is 1.62 bits per heavy atom. The SMILES string of the molecule is [C-]#[N+]c1c(-c2ccccc2)nc(-c2ccccc2)c(C#N)c1-c1ccc(C2(c3ccc(N4c5ccccc5C(C)(C)c5ccccc54)cc3)CCCCC2)cc1. The first-order chi connectivity index (χ1) is 27.4. The summed E-state index contributed by atoms with van der Waals surface area (Å²) in [6.07, 6.45) is 5.69. The molecule has 9 rings (SSSR count). The van der Waals surface area contributed by atoms with Crippen molar-refractivity contribution < 1.29 is 0 Å². The minimum Gasteiger partial charge on any atom is -0.310 e. The molecular weight excluding hydrogens is 681 g/mol. The van der Waals surface area contributed by atoms with Crippen molar-refractivity contribution >= 4 is 22.7 Å². The van der Waals surface area contributed by atoms with Crippen molar-refractivity contribution in [1.82, 2.24) is 4.98 Å². The van der Waals surface area contributed by atoms with Crippen molar-refractivity contribution in [2.45, 2.75) is 56.8 Å². The van der Waals surface area contributed by atoms with Crippen molar-refractivity contribution in [3.63, 3.8) is 0 Å². The highest BCUT2D eigenvalue weighted by molar-refractivity contribution is 5.96. The summed E-state index contributed by atoms with van der Waals surface area (Å²) >= 11 is 0. The van der Waals surface area contributed by atoms with Gasteiger partial charge in [-0.3, -0.25) is 4.98 Å². The third kappa shape index (κ3) is 5.69. The Labute approximate surface area is 330 Å². The molecule has 0 atom stereocenters. The number of nitriles is 1. The number of benzene rings is 6. The molecule has 7 aromatic rings. The van der Waals surface area contributed by atoms with Crippen molar-refractivity contribution in [2.24, 2.45) is 0 Å². The maximum Gasteiger partial charge on any atom is 0.221 e. The lowest BCUT2D eigenvalue weighted by atomic mass is 9.65. The summed E-state index contributed by atoms with van der Waals surface area (Å²) in [5.41, 5.74) is 13.8. The number of hydrogen-bond acceptors (Lipinski definition) is 3. The predicted molar refractivity (Wildman–Crippen MR) is 229 cm³/mol. The molecule has 0 spiro atoms. The first kappa shape index (κ1) is 35.0. The number of para-hydroxylation sites is 2. The number of anilines is 3. The predicted octanol–water partition coefficient (Wildman–Crippen LogP) is 13.9. The zero-order valence-electron chi connectivity index (χ0n) is 31.8. The van der Waals surface area contributed by atoms with Gasteiger partial charge in [0.15, 0.2) is 0 Å². The van der Waals surface area contributed by atoms with Gasteiger partial charge < -0.3 is 4.90 Å². The van der Waals surface area contributed by atoms with Crippen molar-refractivity contribution in [3.05, 3.63) is 197 Å². The molecule has 56 heavy (non-hydrogen) atoms. The smallest absolute Gasteiger partial charge is 0.221 e. The minimum absolute atomic E-state index is 0.103. The van der Waals surface area contributed by atoms with E-state index in [9.17, 15) is 5.26 Å². The number of rotatable bonds is 6. The van der Waals surface area contributed by atoms with Gasteiger partial charge in [-0.05, 0) is 70.5 Å². The summed E-state index contributed by atoms with van der Waals surface area (Å²) < 4.78 is 0. The third-order valence-corrected chi connectivity index (χ3v) is 12.2. The number of hydrogen-bond donors (Lipinski definition) is 0. The Bertz CT molecular complexity index is 2510. The molecule has 270 valence electrons. The molecule has 0 amide bonds. The Morgan fingerprint density at radius 2 is 1.09 bits per heavy atom. The molecule has 1 aliphatic heterocycles. The summed E-state index contributed by atoms with van der Waals surface area (Å²) in [4.78, 5) is 11.5. The van der Waals surface area contributed by atoms with Crippen LogP contribution < -0.4 is 4.90 Å². The van der Waals surface area contributed by atoms with Crippen molar-refractivity contribution in [3.8, 4) is 39.7 Å². The van der Waals surface area contributed by atoms with E-state index in [-0.39, 0.29) is 10.8 Å². The van der Waals surface area contributed by atoms with Gasteiger partial charge in [0.2, 0.25) is 5.69 Å². The lowest BCUT2D eigenvalue weighted by Crippen LogP contribution is -2.31. The van der Waals surface area contributed by atoms with Gasteiger partial charge in [0, 0.05) is 27.6 Å². The van der Waals surface area contributed by atoms with Crippen molar-refractivity contribution in [1.29, 1.82) is 5.26 Å². The van der Waals surface area contributed by atoms with Crippen LogP contribution >= 0.6 is 0 Å². The highest BCUT2D eigenvalue weighted by atomic mass is 15.2. The normalized spacial score (nSPS) is 15.2. The van der Waals surface area contributed by atoms with E-state index in [0.717, 1.165) is 48.1 Å². The molecule has 4 heteroatoms. The Hall–Kier alpha value is -6.75. The first-order valence-corrected chi connectivity index (χ1v) is 19.6. The van der Waals surface area contributed by atoms with Crippen LogP contribution in [0.15, 0.2) is 158 Å². The van der Waals surface area contributed by atoms with Gasteiger partial charge in [-0.25, -0.2) is 4.85 Å². The zero-order chi connectivity index (χ0) is 38.3. The molecule has 1 fully saturated rings. The van der Waals surface area contributed by atoms with Gasteiger partial charge in [0.1, 0.15) is 6.07 Å². The largest absolute Gasteiger partial charge is 0.310 e. The molecule has 1 aliphatic carbocycles. The first-order valence-electron chi connectivity index (χ1n) is 19.6. The van der Waals surface area contributed by atoms with E-state index in [1.807, 2.05) is 60.7 Å². The quantitative estimate of drug-likeness (QED) is 0.161. The van der Waals surface area contributed by atoms with Crippen LogP contribution in [0.3, 0.4) is 0 Å².